The summed E-state index contributed by atoms with van der Waals surface area (Å²) in [6.45, 7) is 8.13. The lowest BCUT2D eigenvalue weighted by molar-refractivity contribution is -0.123. The molecule has 34 heavy (non-hydrogen) atoms. The fraction of sp³-hybridized carbons (Fsp3) is 0.250. The number of hydrogen-bond donors (Lipinski definition) is 1. The summed E-state index contributed by atoms with van der Waals surface area (Å²) in [6, 6.07) is 17.8. The van der Waals surface area contributed by atoms with Crippen molar-refractivity contribution in [2.45, 2.75) is 34.2 Å². The molecule has 0 spiro atoms. The topological polar surface area (TPSA) is 69.0 Å². The van der Waals surface area contributed by atoms with E-state index in [9.17, 15) is 4.79 Å². The number of hydrogen-bond acceptors (Lipinski definition) is 4. The smallest absolute Gasteiger partial charge is 0.232 e. The average molecular weight is 453 g/mol. The standard InChI is InChI=1S/C28H28N4O2/c1-19-24-22(14-11-20-12-15-23(34-5)16-13-20)18-32(17-21-9-7-6-8-10-21)25(24)30-27(29-19)31-26(33)28(2,3)4/h6-10,12-13,15-16,18H,17H2,1-5H3,(H,29,30,31,33). The van der Waals surface area contributed by atoms with Crippen LogP contribution in [0, 0.1) is 24.2 Å². The molecule has 2 heterocycles. The second kappa shape index (κ2) is 9.40. The zero-order valence-corrected chi connectivity index (χ0v) is 20.1. The van der Waals surface area contributed by atoms with Crippen LogP contribution < -0.4 is 10.1 Å². The molecule has 1 amide bonds. The first kappa shape index (κ1) is 23.1. The van der Waals surface area contributed by atoms with E-state index in [2.05, 4.69) is 38.8 Å². The molecule has 4 aromatic rings. The quantitative estimate of drug-likeness (QED) is 0.433. The molecule has 1 N–H and O–H groups in total. The summed E-state index contributed by atoms with van der Waals surface area (Å²) in [5, 5.41) is 3.74. The summed E-state index contributed by atoms with van der Waals surface area (Å²) in [5.74, 6) is 7.48. The van der Waals surface area contributed by atoms with Gasteiger partial charge in [-0.15, -0.1) is 0 Å². The van der Waals surface area contributed by atoms with Crippen LogP contribution in [0.4, 0.5) is 5.95 Å². The highest BCUT2D eigenvalue weighted by atomic mass is 16.5. The number of ether oxygens (including phenoxy) is 1. The van der Waals surface area contributed by atoms with Gasteiger partial charge in [0.2, 0.25) is 11.9 Å². The molecule has 0 aliphatic rings. The molecule has 6 nitrogen and oxygen atoms in total. The van der Waals surface area contributed by atoms with Crippen LogP contribution in [0.15, 0.2) is 60.8 Å². The Kier molecular flexibility index (Phi) is 6.38. The third-order valence-corrected chi connectivity index (χ3v) is 5.43. The van der Waals surface area contributed by atoms with Gasteiger partial charge in [0, 0.05) is 23.7 Å². The van der Waals surface area contributed by atoms with Crippen molar-refractivity contribution in [1.29, 1.82) is 0 Å². The van der Waals surface area contributed by atoms with E-state index in [0.717, 1.165) is 39.2 Å². The predicted molar refractivity (Wildman–Crippen MR) is 135 cm³/mol. The van der Waals surface area contributed by atoms with Gasteiger partial charge in [0.05, 0.1) is 23.8 Å². The number of fused-ring (bicyclic) bond motifs is 1. The van der Waals surface area contributed by atoms with Crippen molar-refractivity contribution in [3.05, 3.63) is 83.2 Å². The number of rotatable bonds is 4. The van der Waals surface area contributed by atoms with E-state index in [1.807, 2.05) is 76.4 Å². The second-order valence-electron chi connectivity index (χ2n) is 9.17. The predicted octanol–water partition coefficient (Wildman–Crippen LogP) is 5.18. The van der Waals surface area contributed by atoms with Gasteiger partial charge in [0.25, 0.3) is 0 Å². The van der Waals surface area contributed by atoms with Gasteiger partial charge in [-0.25, -0.2) is 4.98 Å². The van der Waals surface area contributed by atoms with Crippen LogP contribution in [-0.2, 0) is 11.3 Å². The minimum atomic E-state index is -0.548. The largest absolute Gasteiger partial charge is 0.497 e. The maximum atomic E-state index is 12.5. The maximum absolute atomic E-state index is 12.5. The highest BCUT2D eigenvalue weighted by molar-refractivity contribution is 5.94. The Morgan fingerprint density at radius 3 is 2.38 bits per heavy atom. The first-order valence-electron chi connectivity index (χ1n) is 11.1. The number of benzene rings is 2. The molecule has 0 bridgehead atoms. The molecule has 0 saturated heterocycles. The molecule has 0 unspecified atom stereocenters. The van der Waals surface area contributed by atoms with Gasteiger partial charge in [-0.3, -0.25) is 10.1 Å². The van der Waals surface area contributed by atoms with E-state index in [0.29, 0.717) is 12.5 Å². The Morgan fingerprint density at radius 2 is 1.74 bits per heavy atom. The molecule has 2 aromatic heterocycles. The lowest BCUT2D eigenvalue weighted by Crippen LogP contribution is -2.28. The number of nitrogens with zero attached hydrogens (tertiary/aromatic N) is 3. The number of amides is 1. The van der Waals surface area contributed by atoms with Crippen LogP contribution in [0.3, 0.4) is 0 Å². The van der Waals surface area contributed by atoms with Crippen LogP contribution in [0.1, 0.15) is 43.2 Å². The van der Waals surface area contributed by atoms with E-state index >= 15 is 0 Å². The van der Waals surface area contributed by atoms with Gasteiger partial charge >= 0.3 is 0 Å². The van der Waals surface area contributed by atoms with E-state index in [-0.39, 0.29) is 5.91 Å². The normalized spacial score (nSPS) is 11.1. The zero-order chi connectivity index (χ0) is 24.3. The molecule has 4 rings (SSSR count). The Morgan fingerprint density at radius 1 is 1.03 bits per heavy atom. The summed E-state index contributed by atoms with van der Waals surface area (Å²) in [4.78, 5) is 21.8. The van der Waals surface area contributed by atoms with Gasteiger partial charge in [0.15, 0.2) is 0 Å². The summed E-state index contributed by atoms with van der Waals surface area (Å²) in [7, 11) is 1.64. The number of aryl methyl sites for hydroxylation is 1. The van der Waals surface area contributed by atoms with Gasteiger partial charge in [0.1, 0.15) is 11.4 Å². The molecule has 0 saturated carbocycles. The number of carbonyl (C=O) groups is 1. The molecule has 0 atom stereocenters. The number of carbonyl (C=O) groups excluding carboxylic acids is 1. The van der Waals surface area contributed by atoms with Crippen molar-refractivity contribution < 1.29 is 9.53 Å². The monoisotopic (exact) mass is 452 g/mol. The third-order valence-electron chi connectivity index (χ3n) is 5.43. The summed E-state index contributed by atoms with van der Waals surface area (Å²) >= 11 is 0. The second-order valence-corrected chi connectivity index (χ2v) is 9.17. The summed E-state index contributed by atoms with van der Waals surface area (Å²) in [6.07, 6.45) is 2.01. The average Bonchev–Trinajstić information content (AvgIpc) is 3.15. The first-order valence-corrected chi connectivity index (χ1v) is 11.1. The molecule has 172 valence electrons. The van der Waals surface area contributed by atoms with E-state index in [4.69, 9.17) is 9.72 Å². The Hall–Kier alpha value is -4.11. The third kappa shape index (κ3) is 5.10. The highest BCUT2D eigenvalue weighted by Gasteiger charge is 2.23. The van der Waals surface area contributed by atoms with E-state index < -0.39 is 5.41 Å². The molecule has 2 aromatic carbocycles. The van der Waals surface area contributed by atoms with E-state index in [1.54, 1.807) is 7.11 Å². The fourth-order valence-corrected chi connectivity index (χ4v) is 3.52. The number of methoxy groups -OCH3 is 1. The summed E-state index contributed by atoms with van der Waals surface area (Å²) in [5.41, 5.74) is 3.82. The first-order chi connectivity index (χ1) is 16.2. The van der Waals surface area contributed by atoms with Crippen molar-refractivity contribution >= 4 is 22.9 Å². The molecular weight excluding hydrogens is 424 g/mol. The van der Waals surface area contributed by atoms with Gasteiger partial charge in [-0.05, 0) is 36.8 Å². The van der Waals surface area contributed by atoms with Gasteiger partial charge in [-0.1, -0.05) is 62.9 Å². The molecule has 0 fully saturated rings. The number of aromatic nitrogens is 3. The van der Waals surface area contributed by atoms with Crippen molar-refractivity contribution in [2.75, 3.05) is 12.4 Å². The SMILES string of the molecule is COc1ccc(C#Cc2cn(Cc3ccccc3)c3nc(NC(=O)C(C)(C)C)nc(C)c23)cc1. The van der Waals surface area contributed by atoms with E-state index in [1.165, 1.54) is 0 Å². The number of anilines is 1. The Balaban J connectivity index is 1.79. The lowest BCUT2D eigenvalue weighted by Gasteiger charge is -2.17. The van der Waals surface area contributed by atoms with Crippen molar-refractivity contribution in [2.24, 2.45) is 5.41 Å². The molecule has 0 radical (unpaired) electrons. The summed E-state index contributed by atoms with van der Waals surface area (Å²) < 4.78 is 7.29. The number of nitrogens with one attached hydrogen (secondary N) is 1. The van der Waals surface area contributed by atoms with Crippen LogP contribution >= 0.6 is 0 Å². The molecule has 0 aliphatic carbocycles. The minimum absolute atomic E-state index is 0.132. The molecular formula is C28H28N4O2. The van der Waals surface area contributed by atoms with Gasteiger partial charge in [-0.2, -0.15) is 4.98 Å². The lowest BCUT2D eigenvalue weighted by atomic mass is 9.96. The fourth-order valence-electron chi connectivity index (χ4n) is 3.52. The van der Waals surface area contributed by atoms with Crippen LogP contribution in [0.5, 0.6) is 5.75 Å². The highest BCUT2D eigenvalue weighted by Crippen LogP contribution is 2.25. The van der Waals surface area contributed by atoms with Crippen molar-refractivity contribution in [1.82, 2.24) is 14.5 Å². The van der Waals surface area contributed by atoms with Crippen LogP contribution in [0.25, 0.3) is 11.0 Å². The van der Waals surface area contributed by atoms with Crippen LogP contribution in [-0.4, -0.2) is 27.6 Å². The Labute approximate surface area is 200 Å². The maximum Gasteiger partial charge on any atom is 0.232 e. The molecule has 0 aliphatic heterocycles. The molecule has 6 heteroatoms. The van der Waals surface area contributed by atoms with Gasteiger partial charge < -0.3 is 9.30 Å². The minimum Gasteiger partial charge on any atom is -0.497 e. The van der Waals surface area contributed by atoms with Crippen molar-refractivity contribution in [3.63, 3.8) is 0 Å². The van der Waals surface area contributed by atoms with Crippen LogP contribution in [0.2, 0.25) is 0 Å². The van der Waals surface area contributed by atoms with Crippen molar-refractivity contribution in [3.8, 4) is 17.6 Å². The Bertz CT molecular complexity index is 1390. The zero-order valence-electron chi connectivity index (χ0n) is 20.1.